The van der Waals surface area contributed by atoms with Crippen molar-refractivity contribution in [3.8, 4) is 0 Å². The van der Waals surface area contributed by atoms with E-state index in [1.54, 1.807) is 0 Å². The van der Waals surface area contributed by atoms with Crippen LogP contribution in [0.3, 0.4) is 0 Å². The maximum absolute atomic E-state index is 4.27. The van der Waals surface area contributed by atoms with Crippen molar-refractivity contribution in [2.24, 2.45) is 0 Å². The van der Waals surface area contributed by atoms with Crippen LogP contribution < -0.4 is 5.32 Å². The molecule has 1 aromatic heterocycles. The highest BCUT2D eigenvalue weighted by Crippen LogP contribution is 2.22. The van der Waals surface area contributed by atoms with Crippen molar-refractivity contribution < 1.29 is 0 Å². The molecule has 0 aliphatic heterocycles. The summed E-state index contributed by atoms with van der Waals surface area (Å²) in [5.74, 6) is 0.661. The predicted octanol–water partition coefficient (Wildman–Crippen LogP) is 2.79. The summed E-state index contributed by atoms with van der Waals surface area (Å²) in [5.41, 5.74) is 1.39. The average molecular weight is 223 g/mol. The third-order valence-electron chi connectivity index (χ3n) is 3.10. The maximum Gasteiger partial charge on any atom is 0.0948 e. The Hall–Kier alpha value is -0.830. The van der Waals surface area contributed by atoms with E-state index in [0.29, 0.717) is 5.92 Å². The molecule has 0 atom stereocenters. The van der Waals surface area contributed by atoms with Crippen LogP contribution in [-0.2, 0) is 6.54 Å². The van der Waals surface area contributed by atoms with Crippen LogP contribution in [0.4, 0.5) is 0 Å². The van der Waals surface area contributed by atoms with E-state index in [2.05, 4.69) is 35.6 Å². The molecule has 0 aliphatic rings. The van der Waals surface area contributed by atoms with Crippen molar-refractivity contribution in [1.82, 2.24) is 14.9 Å². The maximum atomic E-state index is 4.27. The van der Waals surface area contributed by atoms with Crippen LogP contribution in [0.25, 0.3) is 0 Å². The Morgan fingerprint density at radius 2 is 2.00 bits per heavy atom. The zero-order valence-electron chi connectivity index (χ0n) is 10.9. The van der Waals surface area contributed by atoms with E-state index in [9.17, 15) is 0 Å². The molecule has 1 N–H and O–H groups in total. The van der Waals surface area contributed by atoms with Crippen molar-refractivity contribution >= 4 is 0 Å². The first-order chi connectivity index (χ1) is 7.83. The molecule has 92 valence electrons. The summed E-state index contributed by atoms with van der Waals surface area (Å²) in [6.45, 7) is 9.87. The molecule has 0 aliphatic carbocycles. The standard InChI is InChI=1S/C13H25N3/c1-4-7-14-8-9-16-11-15-10-13(16)12(5-2)6-3/h10-12,14H,4-9H2,1-3H3. The van der Waals surface area contributed by atoms with Gasteiger partial charge in [0.1, 0.15) is 0 Å². The van der Waals surface area contributed by atoms with Gasteiger partial charge in [-0.05, 0) is 25.8 Å². The molecule has 1 rings (SSSR count). The molecule has 16 heavy (non-hydrogen) atoms. The van der Waals surface area contributed by atoms with Crippen molar-refractivity contribution in [2.45, 2.75) is 52.5 Å². The van der Waals surface area contributed by atoms with Crippen LogP contribution in [0.15, 0.2) is 12.5 Å². The van der Waals surface area contributed by atoms with Gasteiger partial charge in [0.05, 0.1) is 6.33 Å². The monoisotopic (exact) mass is 223 g/mol. The van der Waals surface area contributed by atoms with Gasteiger partial charge < -0.3 is 9.88 Å². The number of nitrogens with one attached hydrogen (secondary N) is 1. The normalized spacial score (nSPS) is 11.2. The van der Waals surface area contributed by atoms with Crippen LogP contribution in [0, 0.1) is 0 Å². The lowest BCUT2D eigenvalue weighted by Gasteiger charge is -2.15. The van der Waals surface area contributed by atoms with E-state index in [-0.39, 0.29) is 0 Å². The van der Waals surface area contributed by atoms with E-state index < -0.39 is 0 Å². The Labute approximate surface area is 99.3 Å². The largest absolute Gasteiger partial charge is 0.333 e. The second kappa shape index (κ2) is 7.44. The lowest BCUT2D eigenvalue weighted by molar-refractivity contribution is 0.537. The second-order valence-electron chi connectivity index (χ2n) is 4.28. The smallest absolute Gasteiger partial charge is 0.0948 e. The molecule has 0 amide bonds. The van der Waals surface area contributed by atoms with Crippen LogP contribution in [0.1, 0.15) is 51.6 Å². The lowest BCUT2D eigenvalue weighted by Crippen LogP contribution is -2.21. The Morgan fingerprint density at radius 1 is 1.25 bits per heavy atom. The minimum Gasteiger partial charge on any atom is -0.333 e. The zero-order chi connectivity index (χ0) is 11.8. The Balaban J connectivity index is 2.49. The summed E-state index contributed by atoms with van der Waals surface area (Å²) in [5, 5.41) is 3.43. The van der Waals surface area contributed by atoms with Crippen molar-refractivity contribution in [2.75, 3.05) is 13.1 Å². The van der Waals surface area contributed by atoms with Crippen LogP contribution >= 0.6 is 0 Å². The Kier molecular flexibility index (Phi) is 6.16. The number of imidazole rings is 1. The number of rotatable bonds is 8. The predicted molar refractivity (Wildman–Crippen MR) is 68.7 cm³/mol. The van der Waals surface area contributed by atoms with Gasteiger partial charge in [-0.1, -0.05) is 20.8 Å². The van der Waals surface area contributed by atoms with E-state index in [1.807, 2.05) is 12.5 Å². The summed E-state index contributed by atoms with van der Waals surface area (Å²) < 4.78 is 2.29. The molecule has 3 nitrogen and oxygen atoms in total. The molecule has 0 saturated carbocycles. The van der Waals surface area contributed by atoms with Crippen LogP contribution in [0.2, 0.25) is 0 Å². The van der Waals surface area contributed by atoms with Gasteiger partial charge in [0.15, 0.2) is 0 Å². The SMILES string of the molecule is CCCNCCn1cncc1C(CC)CC. The third kappa shape index (κ3) is 3.63. The van der Waals surface area contributed by atoms with Crippen molar-refractivity contribution in [1.29, 1.82) is 0 Å². The van der Waals surface area contributed by atoms with Crippen molar-refractivity contribution in [3.63, 3.8) is 0 Å². The fraction of sp³-hybridized carbons (Fsp3) is 0.769. The molecule has 1 aromatic rings. The minimum atomic E-state index is 0.661. The van der Waals surface area contributed by atoms with E-state index >= 15 is 0 Å². The Bertz CT molecular complexity index is 276. The summed E-state index contributed by atoms with van der Waals surface area (Å²) in [6.07, 6.45) is 7.58. The van der Waals surface area contributed by atoms with Gasteiger partial charge in [0, 0.05) is 30.9 Å². The first-order valence-electron chi connectivity index (χ1n) is 6.54. The van der Waals surface area contributed by atoms with Crippen LogP contribution in [-0.4, -0.2) is 22.6 Å². The zero-order valence-corrected chi connectivity index (χ0v) is 10.9. The van der Waals surface area contributed by atoms with Gasteiger partial charge in [0.25, 0.3) is 0 Å². The molecule has 0 unspecified atom stereocenters. The number of hydrogen-bond donors (Lipinski definition) is 1. The molecule has 3 heteroatoms. The first-order valence-corrected chi connectivity index (χ1v) is 6.54. The number of aromatic nitrogens is 2. The quantitative estimate of drug-likeness (QED) is 0.687. The average Bonchev–Trinajstić information content (AvgIpc) is 2.75. The van der Waals surface area contributed by atoms with Gasteiger partial charge >= 0.3 is 0 Å². The van der Waals surface area contributed by atoms with Crippen LogP contribution in [0.5, 0.6) is 0 Å². The number of nitrogens with zero attached hydrogens (tertiary/aromatic N) is 2. The summed E-state index contributed by atoms with van der Waals surface area (Å²) in [6, 6.07) is 0. The number of hydrogen-bond acceptors (Lipinski definition) is 2. The third-order valence-corrected chi connectivity index (χ3v) is 3.10. The molecule has 0 aromatic carbocycles. The fourth-order valence-corrected chi connectivity index (χ4v) is 2.07. The molecular formula is C13H25N3. The highest BCUT2D eigenvalue weighted by molar-refractivity contribution is 5.05. The summed E-state index contributed by atoms with van der Waals surface area (Å²) in [4.78, 5) is 4.27. The van der Waals surface area contributed by atoms with Crippen molar-refractivity contribution in [3.05, 3.63) is 18.2 Å². The van der Waals surface area contributed by atoms with Gasteiger partial charge in [-0.15, -0.1) is 0 Å². The lowest BCUT2D eigenvalue weighted by atomic mass is 10.00. The molecule has 0 spiro atoms. The molecule has 0 fully saturated rings. The van der Waals surface area contributed by atoms with Gasteiger partial charge in [-0.25, -0.2) is 4.98 Å². The first kappa shape index (κ1) is 13.2. The minimum absolute atomic E-state index is 0.661. The Morgan fingerprint density at radius 3 is 2.62 bits per heavy atom. The highest BCUT2D eigenvalue weighted by Gasteiger charge is 2.11. The van der Waals surface area contributed by atoms with Gasteiger partial charge in [-0.3, -0.25) is 0 Å². The van der Waals surface area contributed by atoms with E-state index in [4.69, 9.17) is 0 Å². The molecule has 0 saturated heterocycles. The molecule has 0 bridgehead atoms. The summed E-state index contributed by atoms with van der Waals surface area (Å²) in [7, 11) is 0. The highest BCUT2D eigenvalue weighted by atomic mass is 15.1. The summed E-state index contributed by atoms with van der Waals surface area (Å²) >= 11 is 0. The van der Waals surface area contributed by atoms with Gasteiger partial charge in [-0.2, -0.15) is 0 Å². The molecular weight excluding hydrogens is 198 g/mol. The van der Waals surface area contributed by atoms with E-state index in [1.165, 1.54) is 25.0 Å². The van der Waals surface area contributed by atoms with E-state index in [0.717, 1.165) is 19.6 Å². The fourth-order valence-electron chi connectivity index (χ4n) is 2.07. The second-order valence-corrected chi connectivity index (χ2v) is 4.28. The molecule has 0 radical (unpaired) electrons. The van der Waals surface area contributed by atoms with Gasteiger partial charge in [0.2, 0.25) is 0 Å². The topological polar surface area (TPSA) is 29.9 Å². The molecule has 1 heterocycles.